The molecule has 96 valence electrons. The molecule has 0 fully saturated rings. The number of aromatic nitrogens is 2. The zero-order valence-corrected chi connectivity index (χ0v) is 12.3. The summed E-state index contributed by atoms with van der Waals surface area (Å²) in [6, 6.07) is 8.32. The van der Waals surface area contributed by atoms with Crippen molar-refractivity contribution in [2.75, 3.05) is 0 Å². The fourth-order valence-electron chi connectivity index (χ4n) is 2.15. The Kier molecular flexibility index (Phi) is 4.19. The van der Waals surface area contributed by atoms with Crippen molar-refractivity contribution in [2.24, 2.45) is 5.73 Å². The van der Waals surface area contributed by atoms with Crippen LogP contribution in [0.3, 0.4) is 0 Å². The van der Waals surface area contributed by atoms with E-state index in [-0.39, 0.29) is 0 Å². The summed E-state index contributed by atoms with van der Waals surface area (Å²) in [7, 11) is 0. The van der Waals surface area contributed by atoms with Gasteiger partial charge in [0.1, 0.15) is 0 Å². The van der Waals surface area contributed by atoms with E-state index in [0.717, 1.165) is 16.6 Å². The number of hydrogen-bond donors (Lipinski definition) is 1. The van der Waals surface area contributed by atoms with Crippen molar-refractivity contribution in [3.05, 3.63) is 51.8 Å². The fraction of sp³-hybridized carbons (Fsp3) is 0.357. The molecule has 0 saturated carbocycles. The van der Waals surface area contributed by atoms with Gasteiger partial charge in [-0.05, 0) is 23.6 Å². The van der Waals surface area contributed by atoms with Gasteiger partial charge < -0.3 is 5.73 Å². The average Bonchev–Trinajstić information content (AvgIpc) is 2.75. The third kappa shape index (κ3) is 2.82. The van der Waals surface area contributed by atoms with E-state index in [0.29, 0.717) is 12.5 Å². The first-order chi connectivity index (χ1) is 8.61. The highest BCUT2D eigenvalue weighted by Gasteiger charge is 2.13. The van der Waals surface area contributed by atoms with Gasteiger partial charge >= 0.3 is 0 Å². The molecular formula is C14H18BrN3. The molecule has 0 radical (unpaired) electrons. The molecule has 4 heteroatoms. The Bertz CT molecular complexity index is 514. The standard InChI is InChI=1S/C14H18BrN3/c1-10(2)14-12(7-16)8-17-18(14)9-11-3-5-13(15)6-4-11/h3-6,8,10H,7,9,16H2,1-2H3. The first-order valence-corrected chi connectivity index (χ1v) is 6.90. The lowest BCUT2D eigenvalue weighted by Gasteiger charge is -2.12. The summed E-state index contributed by atoms with van der Waals surface area (Å²) in [5.74, 6) is 0.432. The molecule has 0 unspecified atom stereocenters. The second kappa shape index (κ2) is 5.67. The summed E-state index contributed by atoms with van der Waals surface area (Å²) in [5, 5.41) is 4.45. The van der Waals surface area contributed by atoms with E-state index in [1.54, 1.807) is 0 Å². The topological polar surface area (TPSA) is 43.8 Å². The van der Waals surface area contributed by atoms with Gasteiger partial charge in [-0.25, -0.2) is 0 Å². The third-order valence-electron chi connectivity index (χ3n) is 2.97. The normalized spacial score (nSPS) is 11.2. The summed E-state index contributed by atoms with van der Waals surface area (Å²) in [6.45, 7) is 5.69. The van der Waals surface area contributed by atoms with Gasteiger partial charge in [0.15, 0.2) is 0 Å². The van der Waals surface area contributed by atoms with Gasteiger partial charge in [-0.15, -0.1) is 0 Å². The predicted octanol–water partition coefficient (Wildman–Crippen LogP) is 3.28. The van der Waals surface area contributed by atoms with Crippen LogP contribution in [0.15, 0.2) is 34.9 Å². The molecule has 0 aliphatic heterocycles. The Morgan fingerprint density at radius 3 is 2.50 bits per heavy atom. The molecule has 0 aliphatic rings. The number of hydrogen-bond acceptors (Lipinski definition) is 2. The second-order valence-electron chi connectivity index (χ2n) is 4.70. The van der Waals surface area contributed by atoms with Gasteiger partial charge in [0.05, 0.1) is 12.7 Å². The molecule has 3 nitrogen and oxygen atoms in total. The van der Waals surface area contributed by atoms with E-state index in [2.05, 4.69) is 63.8 Å². The Labute approximate surface area is 116 Å². The maximum Gasteiger partial charge on any atom is 0.0662 e. The zero-order chi connectivity index (χ0) is 13.1. The quantitative estimate of drug-likeness (QED) is 0.942. The molecule has 1 aromatic heterocycles. The molecule has 2 aromatic rings. The monoisotopic (exact) mass is 307 g/mol. The summed E-state index contributed by atoms with van der Waals surface area (Å²) < 4.78 is 3.15. The van der Waals surface area contributed by atoms with Crippen molar-refractivity contribution in [2.45, 2.75) is 32.9 Å². The molecular weight excluding hydrogens is 290 g/mol. The van der Waals surface area contributed by atoms with Crippen molar-refractivity contribution in [1.29, 1.82) is 0 Å². The summed E-state index contributed by atoms with van der Waals surface area (Å²) in [4.78, 5) is 0. The lowest BCUT2D eigenvalue weighted by Crippen LogP contribution is -2.10. The molecule has 0 aliphatic carbocycles. The minimum Gasteiger partial charge on any atom is -0.326 e. The molecule has 0 atom stereocenters. The van der Waals surface area contributed by atoms with Crippen molar-refractivity contribution in [3.63, 3.8) is 0 Å². The molecule has 18 heavy (non-hydrogen) atoms. The van der Waals surface area contributed by atoms with Gasteiger partial charge in [-0.3, -0.25) is 4.68 Å². The van der Waals surface area contributed by atoms with E-state index < -0.39 is 0 Å². The maximum absolute atomic E-state index is 5.76. The molecule has 1 heterocycles. The Balaban J connectivity index is 2.28. The SMILES string of the molecule is CC(C)c1c(CN)cnn1Cc1ccc(Br)cc1. The lowest BCUT2D eigenvalue weighted by atomic mass is 10.1. The summed E-state index contributed by atoms with van der Waals surface area (Å²) >= 11 is 3.44. The minimum atomic E-state index is 0.432. The first kappa shape index (κ1) is 13.3. The lowest BCUT2D eigenvalue weighted by molar-refractivity contribution is 0.614. The van der Waals surface area contributed by atoms with Crippen LogP contribution in [-0.4, -0.2) is 9.78 Å². The molecule has 1 aromatic carbocycles. The highest BCUT2D eigenvalue weighted by molar-refractivity contribution is 9.10. The smallest absolute Gasteiger partial charge is 0.0662 e. The van der Waals surface area contributed by atoms with Crippen LogP contribution in [0, 0.1) is 0 Å². The molecule has 0 bridgehead atoms. The van der Waals surface area contributed by atoms with Gasteiger partial charge in [0.2, 0.25) is 0 Å². The number of benzene rings is 1. The molecule has 2 N–H and O–H groups in total. The van der Waals surface area contributed by atoms with Crippen LogP contribution in [0.4, 0.5) is 0 Å². The average molecular weight is 308 g/mol. The van der Waals surface area contributed by atoms with E-state index >= 15 is 0 Å². The van der Waals surface area contributed by atoms with Gasteiger partial charge in [-0.1, -0.05) is 41.9 Å². The number of halogens is 1. The number of nitrogens with zero attached hydrogens (tertiary/aromatic N) is 2. The second-order valence-corrected chi connectivity index (χ2v) is 5.61. The zero-order valence-electron chi connectivity index (χ0n) is 10.7. The number of nitrogens with two attached hydrogens (primary N) is 1. The van der Waals surface area contributed by atoms with Crippen molar-refractivity contribution in [3.8, 4) is 0 Å². The van der Waals surface area contributed by atoms with Crippen molar-refractivity contribution >= 4 is 15.9 Å². The molecule has 0 amide bonds. The van der Waals surface area contributed by atoms with Crippen LogP contribution in [0.1, 0.15) is 36.6 Å². The Morgan fingerprint density at radius 1 is 1.28 bits per heavy atom. The van der Waals surface area contributed by atoms with Crippen LogP contribution in [0.25, 0.3) is 0 Å². The minimum absolute atomic E-state index is 0.432. The molecule has 2 rings (SSSR count). The Hall–Kier alpha value is -1.13. The van der Waals surface area contributed by atoms with Gasteiger partial charge in [0, 0.05) is 22.3 Å². The van der Waals surface area contributed by atoms with Crippen LogP contribution in [0.2, 0.25) is 0 Å². The van der Waals surface area contributed by atoms with E-state index in [1.165, 1.54) is 11.3 Å². The fourth-order valence-corrected chi connectivity index (χ4v) is 2.41. The van der Waals surface area contributed by atoms with E-state index in [9.17, 15) is 0 Å². The van der Waals surface area contributed by atoms with E-state index in [4.69, 9.17) is 5.73 Å². The van der Waals surface area contributed by atoms with Crippen molar-refractivity contribution < 1.29 is 0 Å². The maximum atomic E-state index is 5.76. The van der Waals surface area contributed by atoms with Crippen LogP contribution < -0.4 is 5.73 Å². The van der Waals surface area contributed by atoms with Crippen LogP contribution >= 0.6 is 15.9 Å². The molecule has 0 saturated heterocycles. The highest BCUT2D eigenvalue weighted by atomic mass is 79.9. The summed E-state index contributed by atoms with van der Waals surface area (Å²) in [6.07, 6.45) is 1.88. The van der Waals surface area contributed by atoms with Crippen molar-refractivity contribution in [1.82, 2.24) is 9.78 Å². The predicted molar refractivity (Wildman–Crippen MR) is 77.5 cm³/mol. The van der Waals surface area contributed by atoms with Gasteiger partial charge in [-0.2, -0.15) is 5.10 Å². The first-order valence-electron chi connectivity index (χ1n) is 6.11. The van der Waals surface area contributed by atoms with Crippen LogP contribution in [-0.2, 0) is 13.1 Å². The van der Waals surface area contributed by atoms with Crippen LogP contribution in [0.5, 0.6) is 0 Å². The third-order valence-corrected chi connectivity index (χ3v) is 3.50. The largest absolute Gasteiger partial charge is 0.326 e. The Morgan fingerprint density at radius 2 is 1.94 bits per heavy atom. The van der Waals surface area contributed by atoms with Gasteiger partial charge in [0.25, 0.3) is 0 Å². The van der Waals surface area contributed by atoms with E-state index in [1.807, 2.05) is 6.20 Å². The summed E-state index contributed by atoms with van der Waals surface area (Å²) in [5.41, 5.74) is 9.38. The highest BCUT2D eigenvalue weighted by Crippen LogP contribution is 2.20. The molecule has 0 spiro atoms. The number of rotatable bonds is 4.